The molecule has 3 nitrogen and oxygen atoms in total. The Bertz CT molecular complexity index is 595. The average molecular weight is 284 g/mol. The molecule has 2 aromatic carbocycles. The summed E-state index contributed by atoms with van der Waals surface area (Å²) in [6, 6.07) is 3.25. The Morgan fingerprint density at radius 3 is 1.50 bits per heavy atom. The van der Waals surface area contributed by atoms with Crippen LogP contribution in [0.4, 0.5) is 28.9 Å². The predicted octanol–water partition coefficient (Wildman–Crippen LogP) is 4.67. The average Bonchev–Trinajstić information content (AvgIpc) is 2.30. The van der Waals surface area contributed by atoms with Gasteiger partial charge in [0.25, 0.3) is 0 Å². The molecule has 0 radical (unpaired) electrons. The fourth-order valence-electron chi connectivity index (χ4n) is 1.54. The van der Waals surface area contributed by atoms with Crippen molar-refractivity contribution in [1.29, 1.82) is 0 Å². The van der Waals surface area contributed by atoms with Gasteiger partial charge in [-0.15, -0.1) is 10.2 Å². The molecule has 0 fully saturated rings. The molecule has 0 aliphatic heterocycles. The molecule has 2 aromatic rings. The van der Waals surface area contributed by atoms with E-state index in [4.69, 9.17) is 5.11 Å². The standard InChI is InChI=1S/C13H8F4N2O/c1-6-2-8(14)12(9(15)3-6)18-19-13-10(16)4-7(20)5-11(13)17/h2-5,20H,1H3. The molecule has 0 heterocycles. The maximum Gasteiger partial charge on any atom is 0.157 e. The number of rotatable bonds is 2. The van der Waals surface area contributed by atoms with E-state index in [9.17, 15) is 17.6 Å². The third-order valence-corrected chi connectivity index (χ3v) is 2.41. The van der Waals surface area contributed by atoms with Gasteiger partial charge in [0.1, 0.15) is 5.75 Å². The van der Waals surface area contributed by atoms with E-state index in [0.717, 1.165) is 12.1 Å². The third kappa shape index (κ3) is 2.76. The summed E-state index contributed by atoms with van der Waals surface area (Å²) < 4.78 is 53.6. The molecule has 0 aromatic heterocycles. The van der Waals surface area contributed by atoms with Crippen molar-refractivity contribution >= 4 is 11.4 Å². The first-order valence-electron chi connectivity index (χ1n) is 5.44. The largest absolute Gasteiger partial charge is 0.508 e. The van der Waals surface area contributed by atoms with E-state index >= 15 is 0 Å². The van der Waals surface area contributed by atoms with Crippen molar-refractivity contribution in [2.45, 2.75) is 6.92 Å². The fourth-order valence-corrected chi connectivity index (χ4v) is 1.54. The van der Waals surface area contributed by atoms with Crippen LogP contribution in [0.5, 0.6) is 5.75 Å². The van der Waals surface area contributed by atoms with Gasteiger partial charge in [-0.05, 0) is 24.6 Å². The van der Waals surface area contributed by atoms with Crippen molar-refractivity contribution in [1.82, 2.24) is 0 Å². The van der Waals surface area contributed by atoms with Crippen LogP contribution in [0.25, 0.3) is 0 Å². The van der Waals surface area contributed by atoms with Crippen molar-refractivity contribution in [3.63, 3.8) is 0 Å². The number of aromatic hydroxyl groups is 1. The van der Waals surface area contributed by atoms with Gasteiger partial charge < -0.3 is 5.11 Å². The lowest BCUT2D eigenvalue weighted by Gasteiger charge is -2.01. The lowest BCUT2D eigenvalue weighted by Crippen LogP contribution is -1.86. The summed E-state index contributed by atoms with van der Waals surface area (Å²) in [5, 5.41) is 15.3. The molecule has 0 aliphatic rings. The molecule has 0 atom stereocenters. The molecular weight excluding hydrogens is 276 g/mol. The summed E-state index contributed by atoms with van der Waals surface area (Å²) in [5.74, 6) is -5.01. The quantitative estimate of drug-likeness (QED) is 0.632. The van der Waals surface area contributed by atoms with E-state index < -0.39 is 40.4 Å². The molecule has 0 saturated carbocycles. The minimum Gasteiger partial charge on any atom is -0.508 e. The molecule has 0 saturated heterocycles. The summed E-state index contributed by atoms with van der Waals surface area (Å²) in [6.45, 7) is 1.48. The monoisotopic (exact) mass is 284 g/mol. The third-order valence-electron chi connectivity index (χ3n) is 2.41. The van der Waals surface area contributed by atoms with Gasteiger partial charge in [-0.1, -0.05) is 0 Å². The highest BCUT2D eigenvalue weighted by molar-refractivity contribution is 5.46. The van der Waals surface area contributed by atoms with E-state index in [1.807, 2.05) is 0 Å². The normalized spacial score (nSPS) is 11.2. The number of phenolic OH excluding ortho intramolecular Hbond substituents is 1. The van der Waals surface area contributed by atoms with Crippen molar-refractivity contribution in [3.8, 4) is 5.75 Å². The number of benzene rings is 2. The van der Waals surface area contributed by atoms with Gasteiger partial charge in [0.15, 0.2) is 34.6 Å². The summed E-state index contributed by atoms with van der Waals surface area (Å²) >= 11 is 0. The Kier molecular flexibility index (Phi) is 3.69. The molecule has 0 unspecified atom stereocenters. The lowest BCUT2D eigenvalue weighted by atomic mass is 10.2. The summed E-state index contributed by atoms with van der Waals surface area (Å²) in [6.07, 6.45) is 0. The molecule has 2 rings (SSSR count). The van der Waals surface area contributed by atoms with E-state index in [1.165, 1.54) is 6.92 Å². The van der Waals surface area contributed by atoms with Gasteiger partial charge in [-0.25, -0.2) is 17.6 Å². The Morgan fingerprint density at radius 2 is 1.10 bits per heavy atom. The van der Waals surface area contributed by atoms with Crippen LogP contribution in [-0.4, -0.2) is 5.11 Å². The van der Waals surface area contributed by atoms with E-state index in [1.54, 1.807) is 0 Å². The first-order valence-corrected chi connectivity index (χ1v) is 5.44. The molecule has 7 heteroatoms. The highest BCUT2D eigenvalue weighted by Crippen LogP contribution is 2.30. The lowest BCUT2D eigenvalue weighted by molar-refractivity contribution is 0.461. The zero-order chi connectivity index (χ0) is 14.9. The molecular formula is C13H8F4N2O. The van der Waals surface area contributed by atoms with Gasteiger partial charge in [0.05, 0.1) is 0 Å². The van der Waals surface area contributed by atoms with Gasteiger partial charge >= 0.3 is 0 Å². The second kappa shape index (κ2) is 5.28. The zero-order valence-electron chi connectivity index (χ0n) is 10.2. The van der Waals surface area contributed by atoms with Crippen LogP contribution in [-0.2, 0) is 0 Å². The van der Waals surface area contributed by atoms with Crippen molar-refractivity contribution < 1.29 is 22.7 Å². The Hall–Kier alpha value is -2.44. The van der Waals surface area contributed by atoms with Gasteiger partial charge in [0.2, 0.25) is 0 Å². The highest BCUT2D eigenvalue weighted by atomic mass is 19.1. The number of nitrogens with zero attached hydrogens (tertiary/aromatic N) is 2. The second-order valence-electron chi connectivity index (χ2n) is 4.04. The van der Waals surface area contributed by atoms with E-state index in [0.29, 0.717) is 17.7 Å². The maximum absolute atomic E-state index is 13.5. The number of azo groups is 1. The maximum atomic E-state index is 13.5. The number of hydrogen-bond donors (Lipinski definition) is 1. The molecule has 104 valence electrons. The molecule has 1 N–H and O–H groups in total. The summed E-state index contributed by atoms with van der Waals surface area (Å²) in [5.41, 5.74) is -1.26. The Balaban J connectivity index is 2.45. The molecule has 0 spiro atoms. The molecule has 0 aliphatic carbocycles. The van der Waals surface area contributed by atoms with Crippen LogP contribution in [0, 0.1) is 30.2 Å². The van der Waals surface area contributed by atoms with E-state index in [2.05, 4.69) is 10.2 Å². The molecule has 0 bridgehead atoms. The van der Waals surface area contributed by atoms with Crippen LogP contribution >= 0.6 is 0 Å². The summed E-state index contributed by atoms with van der Waals surface area (Å²) in [4.78, 5) is 0. The number of aryl methyl sites for hydroxylation is 1. The first-order chi connectivity index (χ1) is 9.38. The second-order valence-corrected chi connectivity index (χ2v) is 4.04. The fraction of sp³-hybridized carbons (Fsp3) is 0.0769. The minimum atomic E-state index is -1.20. The van der Waals surface area contributed by atoms with Crippen LogP contribution < -0.4 is 0 Å². The number of halogens is 4. The molecule has 20 heavy (non-hydrogen) atoms. The smallest absolute Gasteiger partial charge is 0.157 e. The number of hydrogen-bond acceptors (Lipinski definition) is 3. The zero-order valence-corrected chi connectivity index (χ0v) is 10.2. The SMILES string of the molecule is Cc1cc(F)c(N=Nc2c(F)cc(O)cc2F)c(F)c1. The van der Waals surface area contributed by atoms with E-state index in [-0.39, 0.29) is 0 Å². The van der Waals surface area contributed by atoms with Gasteiger partial charge in [-0.2, -0.15) is 0 Å². The first kappa shape index (κ1) is 14.0. The summed E-state index contributed by atoms with van der Waals surface area (Å²) in [7, 11) is 0. The number of phenols is 1. The van der Waals surface area contributed by atoms with Crippen LogP contribution in [0.3, 0.4) is 0 Å². The van der Waals surface area contributed by atoms with Crippen molar-refractivity contribution in [3.05, 3.63) is 53.1 Å². The highest BCUT2D eigenvalue weighted by Gasteiger charge is 2.13. The van der Waals surface area contributed by atoms with Crippen LogP contribution in [0.1, 0.15) is 5.56 Å². The van der Waals surface area contributed by atoms with Crippen molar-refractivity contribution in [2.75, 3.05) is 0 Å². The van der Waals surface area contributed by atoms with Crippen LogP contribution in [0.15, 0.2) is 34.5 Å². The topological polar surface area (TPSA) is 45.0 Å². The Morgan fingerprint density at radius 1 is 0.750 bits per heavy atom. The molecule has 0 amide bonds. The van der Waals surface area contributed by atoms with Gasteiger partial charge in [-0.3, -0.25) is 0 Å². The van der Waals surface area contributed by atoms with Gasteiger partial charge in [0, 0.05) is 12.1 Å². The van der Waals surface area contributed by atoms with Crippen molar-refractivity contribution in [2.24, 2.45) is 10.2 Å². The Labute approximate surface area is 111 Å². The predicted molar refractivity (Wildman–Crippen MR) is 63.3 cm³/mol. The van der Waals surface area contributed by atoms with Crippen LogP contribution in [0.2, 0.25) is 0 Å². The minimum absolute atomic E-state index is 0.334.